The Hall–Kier alpha value is -2.25. The summed E-state index contributed by atoms with van der Waals surface area (Å²) in [6.07, 6.45) is 3.49. The molecular weight excluding hydrogens is 456 g/mol. The van der Waals surface area contributed by atoms with Gasteiger partial charge in [0.15, 0.2) is 0 Å². The van der Waals surface area contributed by atoms with Gasteiger partial charge in [0, 0.05) is 34.6 Å². The van der Waals surface area contributed by atoms with Gasteiger partial charge >= 0.3 is 0 Å². The second-order valence-electron chi connectivity index (χ2n) is 9.98. The molecule has 2 aliphatic rings. The van der Waals surface area contributed by atoms with E-state index in [1.54, 1.807) is 0 Å². The Morgan fingerprint density at radius 3 is 2.36 bits per heavy atom. The number of anilines is 1. The average molecular weight is 487 g/mol. The highest BCUT2D eigenvalue weighted by Gasteiger charge is 2.40. The molecule has 2 N–H and O–H groups in total. The zero-order valence-corrected chi connectivity index (χ0v) is 21.1. The average Bonchev–Trinajstić information content (AvgIpc) is 3.10. The van der Waals surface area contributed by atoms with E-state index in [2.05, 4.69) is 44.4 Å². The van der Waals surface area contributed by atoms with Crippen LogP contribution in [0.2, 0.25) is 0 Å². The second-order valence-corrected chi connectivity index (χ2v) is 12.9. The molecule has 1 aromatic heterocycles. The summed E-state index contributed by atoms with van der Waals surface area (Å²) in [5.41, 5.74) is 1.35. The molecule has 7 nitrogen and oxygen atoms in total. The lowest BCUT2D eigenvalue weighted by Crippen LogP contribution is -2.54. The van der Waals surface area contributed by atoms with Gasteiger partial charge in [-0.15, -0.1) is 11.3 Å². The van der Waals surface area contributed by atoms with Crippen LogP contribution < -0.4 is 10.6 Å². The van der Waals surface area contributed by atoms with E-state index in [0.29, 0.717) is 35.6 Å². The van der Waals surface area contributed by atoms with E-state index in [1.165, 1.54) is 39.9 Å². The minimum absolute atomic E-state index is 0.167. The zero-order valence-electron chi connectivity index (χ0n) is 19.5. The zero-order chi connectivity index (χ0) is 24.0. The highest BCUT2D eigenvalue weighted by Crippen LogP contribution is 2.44. The fraction of sp³-hybridized carbons (Fsp3) is 0.500. The SMILES string of the molecule is CC1(C)Cc2c(sc(NC(=O)c3ccc(S(=O)(=O)N4CCCCC4)cc3)c2C#N)C(C)(C)N1. The summed E-state index contributed by atoms with van der Waals surface area (Å²) < 4.78 is 27.2. The molecule has 2 aliphatic heterocycles. The predicted octanol–water partition coefficient (Wildman–Crippen LogP) is 4.21. The van der Waals surface area contributed by atoms with Gasteiger partial charge in [0.2, 0.25) is 10.0 Å². The normalized spacial score (nSPS) is 20.0. The minimum Gasteiger partial charge on any atom is -0.312 e. The molecule has 0 saturated carbocycles. The first-order chi connectivity index (χ1) is 15.4. The fourth-order valence-corrected chi connectivity index (χ4v) is 7.68. The third kappa shape index (κ3) is 4.58. The first kappa shape index (κ1) is 23.9. The Bertz CT molecular complexity index is 1220. The van der Waals surface area contributed by atoms with Crippen LogP contribution in [0.1, 0.15) is 73.3 Å². The van der Waals surface area contributed by atoms with Crippen LogP contribution in [0, 0.1) is 11.3 Å². The molecule has 1 aromatic carbocycles. The summed E-state index contributed by atoms with van der Waals surface area (Å²) in [6, 6.07) is 8.31. The van der Waals surface area contributed by atoms with E-state index in [0.717, 1.165) is 29.7 Å². The van der Waals surface area contributed by atoms with Gasteiger partial charge in [-0.3, -0.25) is 4.79 Å². The Kier molecular flexibility index (Phi) is 6.16. The highest BCUT2D eigenvalue weighted by molar-refractivity contribution is 7.89. The van der Waals surface area contributed by atoms with E-state index >= 15 is 0 Å². The van der Waals surface area contributed by atoms with Gasteiger partial charge in [-0.25, -0.2) is 8.42 Å². The number of fused-ring (bicyclic) bond motifs is 1. The number of sulfonamides is 1. The number of carbonyl (C=O) groups is 1. The van der Waals surface area contributed by atoms with Crippen molar-refractivity contribution in [2.45, 2.75) is 69.4 Å². The third-order valence-electron chi connectivity index (χ3n) is 6.25. The number of amides is 1. The van der Waals surface area contributed by atoms with Crippen LogP contribution in [0.5, 0.6) is 0 Å². The van der Waals surface area contributed by atoms with Gasteiger partial charge in [0.25, 0.3) is 5.91 Å². The molecule has 1 amide bonds. The van der Waals surface area contributed by atoms with Crippen molar-refractivity contribution in [1.29, 1.82) is 5.26 Å². The molecule has 1 saturated heterocycles. The monoisotopic (exact) mass is 486 g/mol. The Balaban J connectivity index is 1.57. The maximum absolute atomic E-state index is 13.0. The van der Waals surface area contributed by atoms with Gasteiger partial charge in [0.05, 0.1) is 10.5 Å². The number of carbonyl (C=O) groups excluding carboxylic acids is 1. The van der Waals surface area contributed by atoms with Crippen molar-refractivity contribution in [3.8, 4) is 6.07 Å². The summed E-state index contributed by atoms with van der Waals surface area (Å²) in [4.78, 5) is 14.2. The van der Waals surface area contributed by atoms with Crippen molar-refractivity contribution in [1.82, 2.24) is 9.62 Å². The first-order valence-corrected chi connectivity index (χ1v) is 13.5. The Labute approximate surface area is 199 Å². The van der Waals surface area contributed by atoms with Gasteiger partial charge in [-0.2, -0.15) is 9.57 Å². The molecule has 0 unspecified atom stereocenters. The van der Waals surface area contributed by atoms with Gasteiger partial charge in [-0.05, 0) is 76.8 Å². The topological polar surface area (TPSA) is 102 Å². The third-order valence-corrected chi connectivity index (χ3v) is 9.64. The predicted molar refractivity (Wildman–Crippen MR) is 130 cm³/mol. The number of thiophene rings is 1. The van der Waals surface area contributed by atoms with Crippen molar-refractivity contribution in [2.24, 2.45) is 0 Å². The molecule has 4 rings (SSSR count). The van der Waals surface area contributed by atoms with E-state index in [4.69, 9.17) is 0 Å². The maximum Gasteiger partial charge on any atom is 0.256 e. The van der Waals surface area contributed by atoms with Crippen molar-refractivity contribution in [3.05, 3.63) is 45.8 Å². The molecule has 9 heteroatoms. The lowest BCUT2D eigenvalue weighted by atomic mass is 9.81. The van der Waals surface area contributed by atoms with Crippen LogP contribution in [-0.2, 0) is 22.0 Å². The van der Waals surface area contributed by atoms with E-state index in [9.17, 15) is 18.5 Å². The molecule has 33 heavy (non-hydrogen) atoms. The van der Waals surface area contributed by atoms with Crippen LogP contribution in [0.3, 0.4) is 0 Å². The number of rotatable bonds is 4. The van der Waals surface area contributed by atoms with Crippen molar-refractivity contribution >= 4 is 32.3 Å². The number of nitrogens with zero attached hydrogens (tertiary/aromatic N) is 2. The standard InChI is InChI=1S/C24H30N4O3S2/c1-23(2)14-18-19(15-25)22(32-20(18)24(3,4)27-23)26-21(29)16-8-10-17(11-9-16)33(30,31)28-12-6-5-7-13-28/h8-11,27H,5-7,12-14H2,1-4H3,(H,26,29). The molecule has 0 atom stereocenters. The largest absolute Gasteiger partial charge is 0.312 e. The lowest BCUT2D eigenvalue weighted by molar-refractivity contribution is 0.102. The number of benzene rings is 1. The molecule has 2 aromatic rings. The molecule has 0 radical (unpaired) electrons. The van der Waals surface area contributed by atoms with Crippen LogP contribution in [0.25, 0.3) is 0 Å². The fourth-order valence-electron chi connectivity index (χ4n) is 4.94. The number of hydrogen-bond acceptors (Lipinski definition) is 6. The number of hydrogen-bond donors (Lipinski definition) is 2. The van der Waals surface area contributed by atoms with Crippen molar-refractivity contribution in [3.63, 3.8) is 0 Å². The van der Waals surface area contributed by atoms with Gasteiger partial charge in [0.1, 0.15) is 11.1 Å². The lowest BCUT2D eigenvalue weighted by Gasteiger charge is -2.42. The quantitative estimate of drug-likeness (QED) is 0.674. The summed E-state index contributed by atoms with van der Waals surface area (Å²) >= 11 is 1.42. The smallest absolute Gasteiger partial charge is 0.256 e. The van der Waals surface area contributed by atoms with E-state index < -0.39 is 10.0 Å². The van der Waals surface area contributed by atoms with Crippen LogP contribution in [0.15, 0.2) is 29.2 Å². The Morgan fingerprint density at radius 2 is 1.76 bits per heavy atom. The number of nitriles is 1. The second kappa shape index (κ2) is 8.51. The first-order valence-electron chi connectivity index (χ1n) is 11.2. The summed E-state index contributed by atoms with van der Waals surface area (Å²) in [7, 11) is -3.55. The van der Waals surface area contributed by atoms with Crippen LogP contribution in [0.4, 0.5) is 5.00 Å². The molecule has 176 valence electrons. The molecule has 3 heterocycles. The number of nitrogens with one attached hydrogen (secondary N) is 2. The molecular formula is C24H30N4O3S2. The molecule has 1 fully saturated rings. The summed E-state index contributed by atoms with van der Waals surface area (Å²) in [5, 5.41) is 16.9. The van der Waals surface area contributed by atoms with E-state index in [-0.39, 0.29) is 21.9 Å². The highest BCUT2D eigenvalue weighted by atomic mass is 32.2. The van der Waals surface area contributed by atoms with Gasteiger partial charge < -0.3 is 10.6 Å². The van der Waals surface area contributed by atoms with Crippen LogP contribution in [-0.4, -0.2) is 37.3 Å². The molecule has 0 bridgehead atoms. The summed E-state index contributed by atoms with van der Waals surface area (Å²) in [5.74, 6) is -0.364. The van der Waals surface area contributed by atoms with Crippen molar-refractivity contribution < 1.29 is 13.2 Å². The van der Waals surface area contributed by atoms with E-state index in [1.807, 2.05) is 0 Å². The molecule has 0 aliphatic carbocycles. The Morgan fingerprint density at radius 1 is 1.12 bits per heavy atom. The van der Waals surface area contributed by atoms with Crippen LogP contribution >= 0.6 is 11.3 Å². The number of piperidine rings is 1. The summed E-state index contributed by atoms with van der Waals surface area (Å²) in [6.45, 7) is 9.44. The van der Waals surface area contributed by atoms with Crippen molar-refractivity contribution in [2.75, 3.05) is 18.4 Å². The minimum atomic E-state index is -3.55. The molecule has 0 spiro atoms. The maximum atomic E-state index is 13.0. The van der Waals surface area contributed by atoms with Gasteiger partial charge in [-0.1, -0.05) is 6.42 Å².